The van der Waals surface area contributed by atoms with E-state index in [0.717, 1.165) is 19.3 Å². The second-order valence-corrected chi connectivity index (χ2v) is 12.5. The quantitative estimate of drug-likeness (QED) is 0.0275. The summed E-state index contributed by atoms with van der Waals surface area (Å²) in [6.45, 7) is -1.39. The summed E-state index contributed by atoms with van der Waals surface area (Å²) in [5.74, 6) is -0.587. The molecule has 14 nitrogen and oxygen atoms in total. The number of aliphatic hydroxyl groups excluding tert-OH is 7. The Bertz CT molecular complexity index is 754. The molecule has 0 saturated heterocycles. The highest BCUT2D eigenvalue weighted by molar-refractivity contribution is 5.82. The van der Waals surface area contributed by atoms with Crippen molar-refractivity contribution in [2.75, 3.05) is 79.3 Å². The van der Waals surface area contributed by atoms with Crippen LogP contribution in [0.1, 0.15) is 96.8 Å². The Kier molecular flexibility index (Phi) is 35.2. The molecule has 0 rings (SSSR count). The number of ether oxygens (including phenoxy) is 6. The van der Waals surface area contributed by atoms with E-state index in [-0.39, 0.29) is 33.0 Å². The van der Waals surface area contributed by atoms with Gasteiger partial charge in [0, 0.05) is 6.08 Å². The summed E-state index contributed by atoms with van der Waals surface area (Å²) in [7, 11) is 0. The summed E-state index contributed by atoms with van der Waals surface area (Å²) in [5, 5.41) is 66.3. The second-order valence-electron chi connectivity index (χ2n) is 12.5. The van der Waals surface area contributed by atoms with Crippen LogP contribution in [0.2, 0.25) is 0 Å². The van der Waals surface area contributed by atoms with Crippen molar-refractivity contribution in [3.63, 3.8) is 0 Å². The van der Waals surface area contributed by atoms with Gasteiger partial charge in [0.1, 0.15) is 36.6 Å². The predicted molar refractivity (Wildman–Crippen MR) is 188 cm³/mol. The van der Waals surface area contributed by atoms with Crippen molar-refractivity contribution in [1.29, 1.82) is 0 Å². The SMILES string of the molecule is CCCCCCCCCCCCCCCC=CC(=O)OC(CO)COC(CO)COC(CO)COC(CO)COC(CO)COC(CO)CO. The molecule has 0 amide bonds. The lowest BCUT2D eigenvalue weighted by atomic mass is 10.0. The lowest BCUT2D eigenvalue weighted by Gasteiger charge is -2.25. The molecule has 0 fully saturated rings. The fourth-order valence-electron chi connectivity index (χ4n) is 4.78. The summed E-state index contributed by atoms with van der Waals surface area (Å²) < 4.78 is 32.7. The highest BCUT2D eigenvalue weighted by Gasteiger charge is 2.21. The van der Waals surface area contributed by atoms with Crippen LogP contribution in [0.3, 0.4) is 0 Å². The normalized spacial score (nSPS) is 15.1. The van der Waals surface area contributed by atoms with E-state index in [0.29, 0.717) is 0 Å². The molecule has 0 spiro atoms. The molecule has 0 saturated carbocycles. The molecule has 0 aliphatic rings. The molecule has 0 aromatic carbocycles. The van der Waals surface area contributed by atoms with Crippen LogP contribution in [0.5, 0.6) is 0 Å². The van der Waals surface area contributed by atoms with Gasteiger partial charge in [0.25, 0.3) is 0 Å². The maximum atomic E-state index is 12.2. The molecule has 7 N–H and O–H groups in total. The number of hydrogen-bond acceptors (Lipinski definition) is 14. The summed E-state index contributed by atoms with van der Waals surface area (Å²) in [5.41, 5.74) is 0. The smallest absolute Gasteiger partial charge is 0.330 e. The van der Waals surface area contributed by atoms with Crippen molar-refractivity contribution < 1.29 is 69.0 Å². The van der Waals surface area contributed by atoms with Crippen LogP contribution in [0.4, 0.5) is 0 Å². The van der Waals surface area contributed by atoms with Gasteiger partial charge in [0.15, 0.2) is 0 Å². The number of rotatable bonds is 38. The Labute approximate surface area is 299 Å². The van der Waals surface area contributed by atoms with E-state index in [9.17, 15) is 30.3 Å². The lowest BCUT2D eigenvalue weighted by molar-refractivity contribution is -0.155. The Morgan fingerprint density at radius 2 is 0.740 bits per heavy atom. The highest BCUT2D eigenvalue weighted by atomic mass is 16.6. The molecule has 14 heteroatoms. The van der Waals surface area contributed by atoms with Gasteiger partial charge in [-0.15, -0.1) is 0 Å². The first kappa shape index (κ1) is 48.7. The van der Waals surface area contributed by atoms with Crippen molar-refractivity contribution in [2.45, 2.75) is 133 Å². The molecule has 0 aliphatic carbocycles. The molecular formula is C36H70O14. The zero-order chi connectivity index (χ0) is 37.1. The van der Waals surface area contributed by atoms with Gasteiger partial charge in [-0.05, 0) is 12.8 Å². The highest BCUT2D eigenvalue weighted by Crippen LogP contribution is 2.13. The predicted octanol–water partition coefficient (Wildman–Crippen LogP) is 1.81. The monoisotopic (exact) mass is 726 g/mol. The number of hydrogen-bond donors (Lipinski definition) is 7. The summed E-state index contributed by atoms with van der Waals surface area (Å²) >= 11 is 0. The van der Waals surface area contributed by atoms with Gasteiger partial charge in [-0.2, -0.15) is 0 Å². The van der Waals surface area contributed by atoms with E-state index < -0.39 is 88.8 Å². The zero-order valence-corrected chi connectivity index (χ0v) is 30.5. The average Bonchev–Trinajstić information content (AvgIpc) is 3.14. The first-order valence-electron chi connectivity index (χ1n) is 18.6. The maximum absolute atomic E-state index is 12.2. The number of esters is 1. The first-order chi connectivity index (χ1) is 24.4. The van der Waals surface area contributed by atoms with Crippen LogP contribution in [0.25, 0.3) is 0 Å². The third kappa shape index (κ3) is 28.3. The molecule has 0 aromatic rings. The van der Waals surface area contributed by atoms with Crippen molar-refractivity contribution in [2.24, 2.45) is 0 Å². The molecule has 0 heterocycles. The molecule has 50 heavy (non-hydrogen) atoms. The summed E-state index contributed by atoms with van der Waals surface area (Å²) in [6, 6.07) is 0. The minimum absolute atomic E-state index is 0.0993. The van der Waals surface area contributed by atoms with Crippen LogP contribution in [0.15, 0.2) is 12.2 Å². The van der Waals surface area contributed by atoms with Gasteiger partial charge >= 0.3 is 5.97 Å². The van der Waals surface area contributed by atoms with E-state index >= 15 is 0 Å². The van der Waals surface area contributed by atoms with Gasteiger partial charge in [-0.3, -0.25) is 0 Å². The van der Waals surface area contributed by atoms with Gasteiger partial charge in [-0.1, -0.05) is 90.0 Å². The van der Waals surface area contributed by atoms with Crippen LogP contribution in [-0.2, 0) is 33.2 Å². The number of carbonyl (C=O) groups is 1. The second kappa shape index (κ2) is 36.1. The maximum Gasteiger partial charge on any atom is 0.330 e. The Morgan fingerprint density at radius 1 is 0.440 bits per heavy atom. The Morgan fingerprint density at radius 3 is 1.08 bits per heavy atom. The van der Waals surface area contributed by atoms with Crippen LogP contribution in [-0.4, -0.2) is 158 Å². The minimum atomic E-state index is -0.939. The van der Waals surface area contributed by atoms with Crippen molar-refractivity contribution in [1.82, 2.24) is 0 Å². The zero-order valence-electron chi connectivity index (χ0n) is 30.5. The van der Waals surface area contributed by atoms with E-state index in [1.165, 1.54) is 76.7 Å². The van der Waals surface area contributed by atoms with Gasteiger partial charge in [0.05, 0.1) is 79.3 Å². The molecule has 298 valence electrons. The molecular weight excluding hydrogens is 656 g/mol. The van der Waals surface area contributed by atoms with Crippen molar-refractivity contribution in [3.8, 4) is 0 Å². The largest absolute Gasteiger partial charge is 0.454 e. The number of allylic oxidation sites excluding steroid dienone is 1. The molecule has 0 radical (unpaired) electrons. The first-order valence-corrected chi connectivity index (χ1v) is 18.6. The van der Waals surface area contributed by atoms with E-state index in [2.05, 4.69) is 6.92 Å². The van der Waals surface area contributed by atoms with Crippen molar-refractivity contribution >= 4 is 5.97 Å². The third-order valence-electron chi connectivity index (χ3n) is 8.03. The number of carbonyl (C=O) groups excluding carboxylic acids is 1. The molecule has 0 aliphatic heterocycles. The van der Waals surface area contributed by atoms with Gasteiger partial charge < -0.3 is 64.2 Å². The number of unbranched alkanes of at least 4 members (excludes halogenated alkanes) is 13. The third-order valence-corrected chi connectivity index (χ3v) is 8.03. The fraction of sp³-hybridized carbons (Fsp3) is 0.917. The standard InChI is InChI=1S/C36H70O14/c1-2-3-4-5-6-7-8-9-10-11-12-13-14-15-16-17-36(44)50-35(24-43)29-49-34(23-42)28-48-33(22-41)27-47-32(21-40)26-46-31(20-39)25-45-30(18-37)19-38/h16-17,30-35,37-43H,2-15,18-29H2,1H3. The van der Waals surface area contributed by atoms with E-state index in [1.807, 2.05) is 0 Å². The van der Waals surface area contributed by atoms with Gasteiger partial charge in [0.2, 0.25) is 0 Å². The average molecular weight is 727 g/mol. The van der Waals surface area contributed by atoms with Crippen LogP contribution < -0.4 is 0 Å². The van der Waals surface area contributed by atoms with Crippen LogP contribution in [0, 0.1) is 0 Å². The number of aliphatic hydroxyl groups is 7. The minimum Gasteiger partial charge on any atom is -0.454 e. The topological polar surface area (TPSA) is 214 Å². The van der Waals surface area contributed by atoms with E-state index in [4.69, 9.17) is 38.6 Å². The summed E-state index contributed by atoms with van der Waals surface area (Å²) in [6.07, 6.45) is 15.5. The van der Waals surface area contributed by atoms with E-state index in [1.54, 1.807) is 6.08 Å². The van der Waals surface area contributed by atoms with Gasteiger partial charge in [-0.25, -0.2) is 4.79 Å². The summed E-state index contributed by atoms with van der Waals surface area (Å²) in [4.78, 5) is 12.2. The van der Waals surface area contributed by atoms with Crippen LogP contribution >= 0.6 is 0 Å². The lowest BCUT2D eigenvalue weighted by Crippen LogP contribution is -2.37. The molecule has 5 atom stereocenters. The molecule has 5 unspecified atom stereocenters. The van der Waals surface area contributed by atoms with Crippen molar-refractivity contribution in [3.05, 3.63) is 12.2 Å². The molecule has 0 aromatic heterocycles. The fourth-order valence-corrected chi connectivity index (χ4v) is 4.78. The Balaban J connectivity index is 4.23. The molecule has 0 bridgehead atoms. The Hall–Kier alpha value is -1.27.